The highest BCUT2D eigenvalue weighted by molar-refractivity contribution is 9.10. The molecule has 0 saturated carbocycles. The Hall–Kier alpha value is -0.190. The summed E-state index contributed by atoms with van der Waals surface area (Å²) >= 11 is 10.8. The molecule has 112 valence electrons. The lowest BCUT2D eigenvalue weighted by atomic mass is 9.79. The van der Waals surface area contributed by atoms with E-state index >= 15 is 0 Å². The molecular formula is C17H16Br3F. The Balaban J connectivity index is 2.42. The van der Waals surface area contributed by atoms with Crippen LogP contribution in [0, 0.1) is 12.7 Å². The monoisotopic (exact) mass is 476 g/mol. The van der Waals surface area contributed by atoms with Gasteiger partial charge >= 0.3 is 0 Å². The van der Waals surface area contributed by atoms with Crippen molar-refractivity contribution in [2.45, 2.75) is 18.8 Å². The molecule has 21 heavy (non-hydrogen) atoms. The van der Waals surface area contributed by atoms with Gasteiger partial charge in [-0.25, -0.2) is 4.39 Å². The average molecular weight is 479 g/mol. The number of alkyl halides is 2. The number of halogens is 4. The molecule has 0 aliphatic carbocycles. The molecule has 2 aromatic carbocycles. The topological polar surface area (TPSA) is 0 Å². The summed E-state index contributed by atoms with van der Waals surface area (Å²) in [5.74, 6) is -0.199. The minimum Gasteiger partial charge on any atom is -0.207 e. The zero-order chi connectivity index (χ0) is 15.5. The first-order valence-corrected chi connectivity index (χ1v) is 9.67. The van der Waals surface area contributed by atoms with Gasteiger partial charge < -0.3 is 0 Å². The molecule has 0 aliphatic heterocycles. The van der Waals surface area contributed by atoms with E-state index in [1.807, 2.05) is 0 Å². The standard InChI is InChI=1S/C17H16Br3F/c1-12-2-4-14(5-3-12)17(10-18,11-19)9-13-8-15(21)6-7-16(13)20/h2-8H,9-11H2,1H3. The van der Waals surface area contributed by atoms with Crippen LogP contribution in [0.3, 0.4) is 0 Å². The third-order valence-electron chi connectivity index (χ3n) is 3.71. The van der Waals surface area contributed by atoms with Crippen molar-refractivity contribution in [1.82, 2.24) is 0 Å². The van der Waals surface area contributed by atoms with Crippen LogP contribution in [0.25, 0.3) is 0 Å². The molecular weight excluding hydrogens is 463 g/mol. The number of hydrogen-bond acceptors (Lipinski definition) is 0. The summed E-state index contributed by atoms with van der Waals surface area (Å²) < 4.78 is 14.5. The predicted molar refractivity (Wildman–Crippen MR) is 98.2 cm³/mol. The molecule has 0 fully saturated rings. The first-order valence-electron chi connectivity index (χ1n) is 6.64. The Kier molecular flexibility index (Phi) is 6.04. The number of benzene rings is 2. The zero-order valence-electron chi connectivity index (χ0n) is 11.7. The van der Waals surface area contributed by atoms with Crippen LogP contribution in [0.1, 0.15) is 16.7 Å². The van der Waals surface area contributed by atoms with Crippen molar-refractivity contribution in [3.05, 3.63) is 69.4 Å². The predicted octanol–water partition coefficient (Wildman–Crippen LogP) is 6.17. The fourth-order valence-electron chi connectivity index (χ4n) is 2.34. The molecule has 0 bridgehead atoms. The molecule has 2 rings (SSSR count). The van der Waals surface area contributed by atoms with Crippen molar-refractivity contribution in [3.8, 4) is 0 Å². The van der Waals surface area contributed by atoms with Crippen LogP contribution in [0.5, 0.6) is 0 Å². The fraction of sp³-hybridized carbons (Fsp3) is 0.294. The highest BCUT2D eigenvalue weighted by Crippen LogP contribution is 2.35. The normalized spacial score (nSPS) is 11.7. The molecule has 0 aromatic heterocycles. The first kappa shape index (κ1) is 17.2. The van der Waals surface area contributed by atoms with Crippen LogP contribution in [0.15, 0.2) is 46.9 Å². The maximum atomic E-state index is 13.5. The molecule has 0 amide bonds. The van der Waals surface area contributed by atoms with E-state index in [0.717, 1.165) is 27.1 Å². The van der Waals surface area contributed by atoms with Crippen LogP contribution >= 0.6 is 47.8 Å². The molecule has 0 unspecified atom stereocenters. The molecule has 0 radical (unpaired) electrons. The first-order chi connectivity index (χ1) is 10.0. The fourth-order valence-corrected chi connectivity index (χ4v) is 4.70. The minimum absolute atomic E-state index is 0.107. The summed E-state index contributed by atoms with van der Waals surface area (Å²) in [6.45, 7) is 2.08. The van der Waals surface area contributed by atoms with Crippen LogP contribution in [0.2, 0.25) is 0 Å². The molecule has 0 saturated heterocycles. The Labute approximate surface area is 150 Å². The quantitative estimate of drug-likeness (QED) is 0.451. The molecule has 0 nitrogen and oxygen atoms in total. The van der Waals surface area contributed by atoms with E-state index in [1.165, 1.54) is 17.2 Å². The van der Waals surface area contributed by atoms with E-state index in [2.05, 4.69) is 79.0 Å². The van der Waals surface area contributed by atoms with Crippen molar-refractivity contribution in [1.29, 1.82) is 0 Å². The largest absolute Gasteiger partial charge is 0.207 e. The van der Waals surface area contributed by atoms with E-state index in [0.29, 0.717) is 0 Å². The average Bonchev–Trinajstić information content (AvgIpc) is 2.49. The van der Waals surface area contributed by atoms with Gasteiger partial charge in [0.15, 0.2) is 0 Å². The van der Waals surface area contributed by atoms with Crippen molar-refractivity contribution in [2.75, 3.05) is 10.7 Å². The summed E-state index contributed by atoms with van der Waals surface area (Å²) in [4.78, 5) is 0. The van der Waals surface area contributed by atoms with Crippen molar-refractivity contribution in [3.63, 3.8) is 0 Å². The minimum atomic E-state index is -0.199. The van der Waals surface area contributed by atoms with Crippen LogP contribution in [-0.4, -0.2) is 10.7 Å². The maximum Gasteiger partial charge on any atom is 0.123 e. The van der Waals surface area contributed by atoms with Crippen molar-refractivity contribution < 1.29 is 4.39 Å². The van der Waals surface area contributed by atoms with E-state index in [1.54, 1.807) is 12.1 Å². The third kappa shape index (κ3) is 3.96. The van der Waals surface area contributed by atoms with E-state index < -0.39 is 0 Å². The molecule has 0 spiro atoms. The number of hydrogen-bond donors (Lipinski definition) is 0. The van der Waals surface area contributed by atoms with Gasteiger partial charge in [0.1, 0.15) is 5.82 Å². The molecule has 2 aromatic rings. The van der Waals surface area contributed by atoms with Crippen LogP contribution < -0.4 is 0 Å². The van der Waals surface area contributed by atoms with Gasteiger partial charge in [-0.05, 0) is 42.7 Å². The van der Waals surface area contributed by atoms with E-state index in [4.69, 9.17) is 0 Å². The second kappa shape index (κ2) is 7.38. The highest BCUT2D eigenvalue weighted by Gasteiger charge is 2.31. The van der Waals surface area contributed by atoms with Gasteiger partial charge in [-0.2, -0.15) is 0 Å². The molecule has 0 heterocycles. The maximum absolute atomic E-state index is 13.5. The van der Waals surface area contributed by atoms with Gasteiger partial charge in [0.2, 0.25) is 0 Å². The Morgan fingerprint density at radius 1 is 1.00 bits per heavy atom. The van der Waals surface area contributed by atoms with Gasteiger partial charge in [0, 0.05) is 20.5 Å². The Morgan fingerprint density at radius 3 is 2.19 bits per heavy atom. The summed E-state index contributed by atoms with van der Waals surface area (Å²) in [5, 5.41) is 1.61. The van der Waals surface area contributed by atoms with Gasteiger partial charge in [0.25, 0.3) is 0 Å². The van der Waals surface area contributed by atoms with Gasteiger partial charge in [0.05, 0.1) is 0 Å². The van der Waals surface area contributed by atoms with E-state index in [9.17, 15) is 4.39 Å². The Morgan fingerprint density at radius 2 is 1.62 bits per heavy atom. The molecule has 0 aliphatic rings. The van der Waals surface area contributed by atoms with Crippen LogP contribution in [-0.2, 0) is 11.8 Å². The lowest BCUT2D eigenvalue weighted by Gasteiger charge is -2.31. The van der Waals surface area contributed by atoms with Crippen LogP contribution in [0.4, 0.5) is 4.39 Å². The molecule has 0 N–H and O–H groups in total. The van der Waals surface area contributed by atoms with E-state index in [-0.39, 0.29) is 11.2 Å². The second-order valence-electron chi connectivity index (χ2n) is 5.33. The second-order valence-corrected chi connectivity index (χ2v) is 7.30. The SMILES string of the molecule is Cc1ccc(C(CBr)(CBr)Cc2cc(F)ccc2Br)cc1. The lowest BCUT2D eigenvalue weighted by molar-refractivity contribution is 0.545. The summed E-state index contributed by atoms with van der Waals surface area (Å²) in [6.07, 6.45) is 0.755. The number of rotatable bonds is 5. The zero-order valence-corrected chi connectivity index (χ0v) is 16.4. The smallest absolute Gasteiger partial charge is 0.123 e. The van der Waals surface area contributed by atoms with Gasteiger partial charge in [-0.1, -0.05) is 77.6 Å². The molecule has 4 heteroatoms. The van der Waals surface area contributed by atoms with Crippen molar-refractivity contribution >= 4 is 47.8 Å². The van der Waals surface area contributed by atoms with Gasteiger partial charge in [-0.3, -0.25) is 0 Å². The lowest BCUT2D eigenvalue weighted by Crippen LogP contribution is -2.33. The highest BCUT2D eigenvalue weighted by atomic mass is 79.9. The number of aryl methyl sites for hydroxylation is 1. The van der Waals surface area contributed by atoms with Crippen molar-refractivity contribution in [2.24, 2.45) is 0 Å². The summed E-state index contributed by atoms with van der Waals surface area (Å²) in [6, 6.07) is 13.4. The van der Waals surface area contributed by atoms with Gasteiger partial charge in [-0.15, -0.1) is 0 Å². The summed E-state index contributed by atoms with van der Waals surface area (Å²) in [7, 11) is 0. The molecule has 0 atom stereocenters. The third-order valence-corrected chi connectivity index (χ3v) is 6.63. The Bertz CT molecular complexity index is 604. The summed E-state index contributed by atoms with van der Waals surface area (Å²) in [5.41, 5.74) is 3.36.